The molecule has 0 amide bonds. The molecule has 1 aromatic heterocycles. The van der Waals surface area contributed by atoms with Gasteiger partial charge >= 0.3 is 5.97 Å². The van der Waals surface area contributed by atoms with Crippen molar-refractivity contribution < 1.29 is 9.90 Å². The standard InChI is InChI=1S/C11H16N2O2S/c1-3-9-8(11(14)15)7-12-10(13-9)5-4-6-16-2/h7H,3-6H2,1-2H3,(H,14,15). The molecule has 1 aromatic rings. The summed E-state index contributed by atoms with van der Waals surface area (Å²) < 4.78 is 0. The zero-order valence-electron chi connectivity index (χ0n) is 9.56. The van der Waals surface area contributed by atoms with Gasteiger partial charge in [-0.15, -0.1) is 0 Å². The summed E-state index contributed by atoms with van der Waals surface area (Å²) in [6, 6.07) is 0. The number of carboxylic acid groups (broad SMARTS) is 1. The molecule has 4 nitrogen and oxygen atoms in total. The first kappa shape index (κ1) is 13.0. The molecule has 1 rings (SSSR count). The van der Waals surface area contributed by atoms with E-state index in [2.05, 4.69) is 16.2 Å². The summed E-state index contributed by atoms with van der Waals surface area (Å²) in [5, 5.41) is 8.92. The molecule has 0 aliphatic rings. The second kappa shape index (κ2) is 6.48. The number of aromatic carboxylic acids is 1. The van der Waals surface area contributed by atoms with Crippen molar-refractivity contribution >= 4 is 17.7 Å². The fourth-order valence-electron chi connectivity index (χ4n) is 1.40. The topological polar surface area (TPSA) is 63.1 Å². The number of aromatic nitrogens is 2. The molecule has 0 fully saturated rings. The van der Waals surface area contributed by atoms with Crippen LogP contribution in [-0.2, 0) is 12.8 Å². The highest BCUT2D eigenvalue weighted by Crippen LogP contribution is 2.08. The molecule has 0 saturated carbocycles. The molecule has 88 valence electrons. The molecule has 0 aromatic carbocycles. The minimum atomic E-state index is -0.951. The number of nitrogens with zero attached hydrogens (tertiary/aromatic N) is 2. The number of carbonyl (C=O) groups is 1. The van der Waals surface area contributed by atoms with Gasteiger partial charge in [0, 0.05) is 12.6 Å². The van der Waals surface area contributed by atoms with Crippen LogP contribution in [-0.4, -0.2) is 33.1 Å². The minimum Gasteiger partial charge on any atom is -0.478 e. The maximum absolute atomic E-state index is 10.9. The molecular weight excluding hydrogens is 224 g/mol. The highest BCUT2D eigenvalue weighted by molar-refractivity contribution is 7.98. The van der Waals surface area contributed by atoms with Gasteiger partial charge in [-0.3, -0.25) is 0 Å². The Morgan fingerprint density at radius 3 is 2.88 bits per heavy atom. The van der Waals surface area contributed by atoms with Crippen LogP contribution >= 0.6 is 11.8 Å². The van der Waals surface area contributed by atoms with Crippen molar-refractivity contribution in [3.8, 4) is 0 Å². The molecule has 0 bridgehead atoms. The van der Waals surface area contributed by atoms with Gasteiger partial charge < -0.3 is 5.11 Å². The first-order chi connectivity index (χ1) is 7.69. The van der Waals surface area contributed by atoms with Crippen LogP contribution < -0.4 is 0 Å². The average molecular weight is 240 g/mol. The number of carboxylic acids is 1. The Hall–Kier alpha value is -1.10. The van der Waals surface area contributed by atoms with Crippen molar-refractivity contribution in [3.05, 3.63) is 23.3 Å². The number of rotatable bonds is 6. The van der Waals surface area contributed by atoms with E-state index in [1.807, 2.05) is 6.92 Å². The van der Waals surface area contributed by atoms with Crippen molar-refractivity contribution in [2.75, 3.05) is 12.0 Å². The van der Waals surface area contributed by atoms with E-state index < -0.39 is 5.97 Å². The molecule has 0 aliphatic heterocycles. The van der Waals surface area contributed by atoms with E-state index in [4.69, 9.17) is 5.11 Å². The fraction of sp³-hybridized carbons (Fsp3) is 0.545. The third-order valence-corrected chi connectivity index (χ3v) is 2.93. The maximum Gasteiger partial charge on any atom is 0.339 e. The predicted molar refractivity (Wildman–Crippen MR) is 65.1 cm³/mol. The van der Waals surface area contributed by atoms with Crippen molar-refractivity contribution in [1.82, 2.24) is 9.97 Å². The van der Waals surface area contributed by atoms with Crippen LogP contribution in [0.15, 0.2) is 6.20 Å². The molecule has 0 radical (unpaired) electrons. The van der Waals surface area contributed by atoms with Crippen LogP contribution in [0.25, 0.3) is 0 Å². The largest absolute Gasteiger partial charge is 0.478 e. The molecule has 1 N–H and O–H groups in total. The maximum atomic E-state index is 10.9. The molecule has 0 atom stereocenters. The zero-order chi connectivity index (χ0) is 12.0. The van der Waals surface area contributed by atoms with Crippen molar-refractivity contribution in [2.24, 2.45) is 0 Å². The van der Waals surface area contributed by atoms with Gasteiger partial charge in [0.15, 0.2) is 0 Å². The molecule has 1 heterocycles. The molecular formula is C11H16N2O2S. The monoisotopic (exact) mass is 240 g/mol. The van der Waals surface area contributed by atoms with Crippen molar-refractivity contribution in [2.45, 2.75) is 26.2 Å². The average Bonchev–Trinajstić information content (AvgIpc) is 2.29. The Morgan fingerprint density at radius 1 is 1.56 bits per heavy atom. The Kier molecular flexibility index (Phi) is 5.25. The predicted octanol–water partition coefficient (Wildman–Crippen LogP) is 2.03. The second-order valence-electron chi connectivity index (χ2n) is 3.40. The lowest BCUT2D eigenvalue weighted by molar-refractivity contribution is 0.0694. The molecule has 0 spiro atoms. The van der Waals surface area contributed by atoms with Crippen LogP contribution in [0.1, 0.15) is 35.2 Å². The van der Waals surface area contributed by atoms with Gasteiger partial charge in [0.1, 0.15) is 5.82 Å². The Bertz CT molecular complexity index is 369. The minimum absolute atomic E-state index is 0.219. The lowest BCUT2D eigenvalue weighted by Crippen LogP contribution is -2.08. The Labute approximate surface area is 99.5 Å². The quantitative estimate of drug-likeness (QED) is 0.771. The Balaban J connectivity index is 2.78. The van der Waals surface area contributed by atoms with Gasteiger partial charge in [-0.05, 0) is 24.9 Å². The fourth-order valence-corrected chi connectivity index (χ4v) is 1.83. The number of hydrogen-bond acceptors (Lipinski definition) is 4. The van der Waals surface area contributed by atoms with E-state index in [0.29, 0.717) is 12.1 Å². The van der Waals surface area contributed by atoms with E-state index >= 15 is 0 Å². The molecule has 5 heteroatoms. The normalized spacial score (nSPS) is 10.4. The third-order valence-electron chi connectivity index (χ3n) is 2.23. The van der Waals surface area contributed by atoms with E-state index in [9.17, 15) is 4.79 Å². The van der Waals surface area contributed by atoms with Crippen molar-refractivity contribution in [1.29, 1.82) is 0 Å². The van der Waals surface area contributed by atoms with Crippen LogP contribution in [0.5, 0.6) is 0 Å². The van der Waals surface area contributed by atoms with E-state index in [0.717, 1.165) is 24.4 Å². The van der Waals surface area contributed by atoms with Crippen LogP contribution in [0.4, 0.5) is 0 Å². The third kappa shape index (κ3) is 3.48. The smallest absolute Gasteiger partial charge is 0.339 e. The molecule has 0 aliphatic carbocycles. The lowest BCUT2D eigenvalue weighted by atomic mass is 10.2. The van der Waals surface area contributed by atoms with Gasteiger partial charge in [-0.1, -0.05) is 6.92 Å². The number of thioether (sulfide) groups is 1. The van der Waals surface area contributed by atoms with Crippen LogP contribution in [0, 0.1) is 0 Å². The van der Waals surface area contributed by atoms with E-state index in [1.165, 1.54) is 6.20 Å². The summed E-state index contributed by atoms with van der Waals surface area (Å²) in [6.45, 7) is 1.90. The highest BCUT2D eigenvalue weighted by atomic mass is 32.2. The zero-order valence-corrected chi connectivity index (χ0v) is 10.4. The molecule has 0 saturated heterocycles. The summed E-state index contributed by atoms with van der Waals surface area (Å²) in [5.41, 5.74) is 0.845. The SMILES string of the molecule is CCc1nc(CCCSC)ncc1C(=O)O. The number of aryl methyl sites for hydroxylation is 2. The summed E-state index contributed by atoms with van der Waals surface area (Å²) in [5.74, 6) is 0.870. The van der Waals surface area contributed by atoms with Gasteiger partial charge in [0.05, 0.1) is 11.3 Å². The van der Waals surface area contributed by atoms with Gasteiger partial charge in [0.2, 0.25) is 0 Å². The number of hydrogen-bond donors (Lipinski definition) is 1. The van der Waals surface area contributed by atoms with Crippen molar-refractivity contribution in [3.63, 3.8) is 0 Å². The Morgan fingerprint density at radius 2 is 2.31 bits per heavy atom. The van der Waals surface area contributed by atoms with E-state index in [1.54, 1.807) is 11.8 Å². The van der Waals surface area contributed by atoms with Gasteiger partial charge in [0.25, 0.3) is 0 Å². The molecule has 16 heavy (non-hydrogen) atoms. The highest BCUT2D eigenvalue weighted by Gasteiger charge is 2.11. The van der Waals surface area contributed by atoms with E-state index in [-0.39, 0.29) is 5.56 Å². The van der Waals surface area contributed by atoms with Gasteiger partial charge in [-0.2, -0.15) is 11.8 Å². The van der Waals surface area contributed by atoms with Gasteiger partial charge in [-0.25, -0.2) is 14.8 Å². The summed E-state index contributed by atoms with van der Waals surface area (Å²) in [6.07, 6.45) is 5.94. The second-order valence-corrected chi connectivity index (χ2v) is 4.39. The first-order valence-electron chi connectivity index (χ1n) is 5.26. The molecule has 0 unspecified atom stereocenters. The lowest BCUT2D eigenvalue weighted by Gasteiger charge is -2.05. The van der Waals surface area contributed by atoms with Crippen LogP contribution in [0.3, 0.4) is 0 Å². The summed E-state index contributed by atoms with van der Waals surface area (Å²) in [4.78, 5) is 19.2. The first-order valence-corrected chi connectivity index (χ1v) is 6.65. The summed E-state index contributed by atoms with van der Waals surface area (Å²) >= 11 is 1.79. The van der Waals surface area contributed by atoms with Crippen LogP contribution in [0.2, 0.25) is 0 Å². The summed E-state index contributed by atoms with van der Waals surface area (Å²) in [7, 11) is 0.